The summed E-state index contributed by atoms with van der Waals surface area (Å²) in [6, 6.07) is 87.5. The summed E-state index contributed by atoms with van der Waals surface area (Å²) in [6.07, 6.45) is 0. The maximum Gasteiger partial charge on any atom is 0.216 e. The van der Waals surface area contributed by atoms with E-state index in [0.29, 0.717) is 55.6 Å². The second kappa shape index (κ2) is 30.7. The van der Waals surface area contributed by atoms with Crippen LogP contribution in [-0.4, -0.2) is 83.4 Å². The second-order valence-electron chi connectivity index (χ2n) is 30.8. The van der Waals surface area contributed by atoms with Crippen molar-refractivity contribution in [2.24, 2.45) is 0 Å². The zero-order chi connectivity index (χ0) is 87.0. The van der Waals surface area contributed by atoms with Gasteiger partial charge in [0.15, 0.2) is 23.1 Å². The van der Waals surface area contributed by atoms with Gasteiger partial charge >= 0.3 is 0 Å². The molecule has 6 aromatic heterocycles. The highest BCUT2D eigenvalue weighted by Gasteiger charge is 2.40. The molecule has 0 bridgehead atoms. The lowest BCUT2D eigenvalue weighted by Gasteiger charge is -2.11. The van der Waals surface area contributed by atoms with E-state index >= 15 is 0 Å². The Labute approximate surface area is 766 Å². The molecule has 0 radical (unpaired) electrons. The van der Waals surface area contributed by atoms with Gasteiger partial charge in [-0.25, -0.2) is 8.78 Å². The molecule has 0 N–H and O–H groups in total. The number of rotatable bonds is 3. The molecule has 126 heavy (non-hydrogen) atoms. The minimum atomic E-state index is -1.01. The Balaban J connectivity index is 0.0000000923. The van der Waals surface area contributed by atoms with Crippen molar-refractivity contribution in [2.75, 3.05) is 21.3 Å². The average Bonchev–Trinajstić information content (AvgIpc) is 1.59. The van der Waals surface area contributed by atoms with Crippen LogP contribution in [0.25, 0.3) is 121 Å². The molecule has 6 aliphatic heterocycles. The van der Waals surface area contributed by atoms with Gasteiger partial charge in [-0.3, -0.25) is 28.8 Å². The van der Waals surface area contributed by atoms with Gasteiger partial charge < -0.3 is 41.6 Å². The smallest absolute Gasteiger partial charge is 0.216 e. The normalized spacial score (nSPS) is 12.7. The predicted octanol–water partition coefficient (Wildman–Crippen LogP) is 26.9. The number of benzene rings is 14. The largest absolute Gasteiger partial charge is 0.496 e. The number of nitrogens with zero attached hydrogens (tertiary/aromatic N) is 6. The first-order chi connectivity index (χ1) is 61.1. The molecule has 20 aromatic rings. The van der Waals surface area contributed by atoms with Crippen molar-refractivity contribution in [1.82, 2.24) is 27.4 Å². The van der Waals surface area contributed by atoms with Gasteiger partial charge in [-0.2, -0.15) is 0 Å². The van der Waals surface area contributed by atoms with Gasteiger partial charge in [0.1, 0.15) is 39.9 Å². The highest BCUT2D eigenvalue weighted by Crippen LogP contribution is 2.50. The summed E-state index contributed by atoms with van der Waals surface area (Å²) in [5.41, 5.74) is 21.1. The van der Waals surface area contributed by atoms with Gasteiger partial charge in [-0.1, -0.05) is 170 Å². The van der Waals surface area contributed by atoms with Gasteiger partial charge in [-0.05, 0) is 233 Å². The Morgan fingerprint density at radius 3 is 0.960 bits per heavy atom. The maximum absolute atomic E-state index is 13.5. The van der Waals surface area contributed by atoms with Crippen molar-refractivity contribution in [3.05, 3.63) is 390 Å². The molecule has 15 nitrogen and oxygen atoms in total. The van der Waals surface area contributed by atoms with Crippen LogP contribution >= 0.6 is 95.6 Å². The standard InChI is InChI=1S/2C19H10BrNO.C17H12BrNO3.C17H12BrNO.C16H10BrNO2.C15H6BrF2NO/c20-17-13-7-3-4-8-15(13)21-16-10-12-6-2-1-5-11(12)9-14(16)19(22)18(17)21;20-17-13-7-3-4-8-14(13)21-15-10-9-11-5-1-2-6-12(11)16(15)19(22)18(17)21;1-21-13-7-10-12(8-14(13)22-2)19-11-6-4-3-5-9(11)15(18)16(19)17(10)20;1-9-7-12-14(8-10(9)2)19-13-6-4-3-5-11(13)15(18)16(19)17(12)20;1-20-12-8-4-7-11-13(12)16(19)15-14(17)9-5-2-3-6-10(9)18(11)15;16-13-7-3-1-2-4-11(7)19-12-6-10(18)9(17)5-8(12)15(20)14(13)19/h2*1-10H;3-8H,1-2H3;3-8H,1-2H3;2-8H,1H3;1-6H. The lowest BCUT2D eigenvalue weighted by Crippen LogP contribution is -1.99. The van der Waals surface area contributed by atoms with E-state index in [9.17, 15) is 37.5 Å². The maximum atomic E-state index is 13.5. The fraction of sp³-hybridized carbons (Fsp3) is 0.0485. The van der Waals surface area contributed by atoms with Gasteiger partial charge in [0.05, 0.1) is 138 Å². The molecule has 0 atom stereocenters. The van der Waals surface area contributed by atoms with Gasteiger partial charge in [-0.15, -0.1) is 0 Å². The van der Waals surface area contributed by atoms with Gasteiger partial charge in [0, 0.05) is 55.6 Å². The minimum Gasteiger partial charge on any atom is -0.496 e. The third kappa shape index (κ3) is 11.9. The van der Waals surface area contributed by atoms with Crippen molar-refractivity contribution in [2.45, 2.75) is 13.8 Å². The van der Waals surface area contributed by atoms with Crippen molar-refractivity contribution in [1.29, 1.82) is 0 Å². The first-order valence-corrected chi connectivity index (χ1v) is 44.5. The molecular formula is C103H60Br6F2N6O9. The van der Waals surface area contributed by atoms with Crippen molar-refractivity contribution in [3.63, 3.8) is 0 Å². The molecule has 6 aliphatic rings. The summed E-state index contributed by atoms with van der Waals surface area (Å²) in [7, 11) is 4.74. The van der Waals surface area contributed by atoms with E-state index in [2.05, 4.69) is 159 Å². The van der Waals surface area contributed by atoms with Crippen LogP contribution < -0.4 is 14.2 Å². The number of halogens is 8. The zero-order valence-electron chi connectivity index (χ0n) is 66.9. The van der Waals surface area contributed by atoms with E-state index in [1.54, 1.807) is 32.0 Å². The Morgan fingerprint density at radius 1 is 0.238 bits per heavy atom. The van der Waals surface area contributed by atoms with E-state index in [-0.39, 0.29) is 40.3 Å². The van der Waals surface area contributed by atoms with Crippen LogP contribution in [0.3, 0.4) is 0 Å². The third-order valence-corrected chi connectivity index (χ3v) is 29.0. The molecule has 0 saturated heterocycles. The SMILES string of the molecule is COc1cc2c(cc1OC)-n1c(c(Br)c3ccccc31)C2=O.COc1cccc2c1C(=O)c1c(Br)c3ccccc3n1-2.Cc1cc2c(cc1C)-n1c(c(Br)c3ccccc31)C2=O.O=C1c2c(ccc3ccccc23)-n2c1c(Br)c1ccccc12.O=C1c2cc(F)c(F)cc2-n2c1c(Br)c1ccccc12.O=C1c2cc3ccccc3cc2-n2c1c(Br)c1ccccc12. The number of fused-ring (bicyclic) bond motifs is 33. The number of methoxy groups -OCH3 is 3. The first kappa shape index (κ1) is 80.1. The fourth-order valence-electron chi connectivity index (χ4n) is 18.3. The van der Waals surface area contributed by atoms with Crippen LogP contribution in [0, 0.1) is 25.5 Å². The van der Waals surface area contributed by atoms with E-state index in [1.165, 1.54) is 5.56 Å². The topological polar surface area (TPSA) is 160 Å². The summed E-state index contributed by atoms with van der Waals surface area (Å²) in [5.74, 6) is -0.225. The summed E-state index contributed by atoms with van der Waals surface area (Å²) in [4.78, 5) is 76.5. The van der Waals surface area contributed by atoms with Crippen LogP contribution in [0.5, 0.6) is 17.2 Å². The molecule has 14 aromatic carbocycles. The number of carbonyl (C=O) groups excluding carboxylic acids is 6. The number of hydrogen-bond donors (Lipinski definition) is 0. The third-order valence-electron chi connectivity index (χ3n) is 24.2. The lowest BCUT2D eigenvalue weighted by molar-refractivity contribution is 0.102. The molecule has 0 fully saturated rings. The Morgan fingerprint density at radius 2 is 0.532 bits per heavy atom. The predicted molar refractivity (Wildman–Crippen MR) is 511 cm³/mol. The Kier molecular flexibility index (Phi) is 19.5. The molecule has 23 heteroatoms. The highest BCUT2D eigenvalue weighted by molar-refractivity contribution is 9.11. The zero-order valence-corrected chi connectivity index (χ0v) is 76.4. The van der Waals surface area contributed by atoms with Crippen LogP contribution in [-0.2, 0) is 0 Å². The van der Waals surface area contributed by atoms with Crippen LogP contribution in [0.15, 0.2) is 300 Å². The molecule has 0 spiro atoms. The number of aromatic nitrogens is 6. The van der Waals surface area contributed by atoms with Gasteiger partial charge in [0.25, 0.3) is 0 Å². The van der Waals surface area contributed by atoms with Crippen LogP contribution in [0.4, 0.5) is 8.78 Å². The van der Waals surface area contributed by atoms with Crippen molar-refractivity contribution < 1.29 is 51.8 Å². The molecule has 0 amide bonds. The molecule has 26 rings (SSSR count). The molecule has 0 saturated carbocycles. The van der Waals surface area contributed by atoms with E-state index < -0.39 is 11.6 Å². The first-order valence-electron chi connectivity index (χ1n) is 39.7. The Bertz CT molecular complexity index is 8150. The number of ketones is 6. The molecule has 12 heterocycles. The molecule has 612 valence electrons. The summed E-state index contributed by atoms with van der Waals surface area (Å²) >= 11 is 21.4. The Hall–Kier alpha value is -13.0. The fourth-order valence-corrected chi connectivity index (χ4v) is 22.5. The lowest BCUT2D eigenvalue weighted by atomic mass is 10.00. The van der Waals surface area contributed by atoms with E-state index in [1.807, 2.05) is 228 Å². The van der Waals surface area contributed by atoms with Gasteiger partial charge in [0.2, 0.25) is 34.7 Å². The second-order valence-corrected chi connectivity index (χ2v) is 35.5. The highest BCUT2D eigenvalue weighted by atomic mass is 79.9. The number of hydrogen-bond acceptors (Lipinski definition) is 9. The summed E-state index contributed by atoms with van der Waals surface area (Å²) in [6.45, 7) is 4.13. The van der Waals surface area contributed by atoms with Crippen molar-refractivity contribution in [3.8, 4) is 51.4 Å². The summed E-state index contributed by atoms with van der Waals surface area (Å²) in [5, 5.41) is 10.5. The van der Waals surface area contributed by atoms with Crippen LogP contribution in [0.2, 0.25) is 0 Å². The molecule has 0 aliphatic carbocycles. The monoisotopic (exact) mass is 2040 g/mol. The summed E-state index contributed by atoms with van der Waals surface area (Å²) < 4.78 is 59.7. The minimum absolute atomic E-state index is 0.000486. The molecule has 0 unspecified atom stereocenters. The molecular weight excluding hydrogens is 1980 g/mol. The van der Waals surface area contributed by atoms with Crippen molar-refractivity contribution >= 4 is 217 Å². The van der Waals surface area contributed by atoms with E-state index in [0.717, 1.165) is 189 Å². The number of carbonyl (C=O) groups is 6. The number of para-hydroxylation sites is 6. The number of ether oxygens (including phenoxy) is 3. The van der Waals surface area contributed by atoms with E-state index in [4.69, 9.17) is 14.2 Å². The quantitative estimate of drug-likeness (QED) is 0.168. The average molecular weight is 2040 g/mol. The number of aryl methyl sites for hydroxylation is 2. The van der Waals surface area contributed by atoms with Crippen LogP contribution in [0.1, 0.15) is 107 Å².